The third-order valence-electron chi connectivity index (χ3n) is 3.54. The van der Waals surface area contributed by atoms with Crippen molar-refractivity contribution < 1.29 is 12.4 Å². The van der Waals surface area contributed by atoms with Crippen molar-refractivity contribution in [1.82, 2.24) is 4.90 Å². The molecule has 0 saturated heterocycles. The Morgan fingerprint density at radius 3 is 2.57 bits per heavy atom. The highest BCUT2D eigenvalue weighted by atomic mass is 35.5. The second-order valence-electron chi connectivity index (χ2n) is 5.49. The lowest BCUT2D eigenvalue weighted by molar-refractivity contribution is -0.00000410. The fourth-order valence-corrected chi connectivity index (χ4v) is 3.33. The minimum Gasteiger partial charge on any atom is -1.00 e. The van der Waals surface area contributed by atoms with Crippen LogP contribution in [0.3, 0.4) is 0 Å². The molecule has 0 amide bonds. The van der Waals surface area contributed by atoms with E-state index in [1.54, 1.807) is 0 Å². The predicted octanol–water partition coefficient (Wildman–Crippen LogP) is 0.319. The molecule has 0 radical (unpaired) electrons. The van der Waals surface area contributed by atoms with Gasteiger partial charge in [-0.15, -0.1) is 0 Å². The number of anilines is 1. The molecule has 0 bridgehead atoms. The van der Waals surface area contributed by atoms with E-state index in [0.29, 0.717) is 6.04 Å². The molecule has 1 aromatic rings. The third kappa shape index (κ3) is 3.18. The molecule has 5 heteroatoms. The summed E-state index contributed by atoms with van der Waals surface area (Å²) in [6.07, 6.45) is 6.62. The van der Waals surface area contributed by atoms with Gasteiger partial charge in [0.2, 0.25) is 0 Å². The van der Waals surface area contributed by atoms with E-state index in [2.05, 4.69) is 74.4 Å². The molecule has 3 nitrogen and oxygen atoms in total. The van der Waals surface area contributed by atoms with Crippen LogP contribution in [0.25, 0.3) is 0 Å². The van der Waals surface area contributed by atoms with Crippen molar-refractivity contribution in [2.75, 3.05) is 33.1 Å². The van der Waals surface area contributed by atoms with Gasteiger partial charge < -0.3 is 17.3 Å². The van der Waals surface area contributed by atoms with Crippen LogP contribution in [0.1, 0.15) is 0 Å². The van der Waals surface area contributed by atoms with Gasteiger partial charge in [-0.2, -0.15) is 0 Å². The van der Waals surface area contributed by atoms with Gasteiger partial charge in [0.05, 0.1) is 11.4 Å². The van der Waals surface area contributed by atoms with Crippen molar-refractivity contribution in [2.24, 2.45) is 4.99 Å². The van der Waals surface area contributed by atoms with E-state index in [1.807, 2.05) is 11.8 Å². The number of nitrogens with zero attached hydrogens (tertiary/aromatic N) is 3. The van der Waals surface area contributed by atoms with Gasteiger partial charge in [-0.1, -0.05) is 17.8 Å². The maximum atomic E-state index is 4.77. The first-order chi connectivity index (χ1) is 9.54. The van der Waals surface area contributed by atoms with Crippen molar-refractivity contribution in [3.8, 4) is 0 Å². The van der Waals surface area contributed by atoms with Crippen molar-refractivity contribution in [3.05, 3.63) is 41.3 Å². The Labute approximate surface area is 136 Å². The van der Waals surface area contributed by atoms with E-state index in [1.165, 1.54) is 15.5 Å². The predicted molar refractivity (Wildman–Crippen MR) is 88.4 cm³/mol. The van der Waals surface area contributed by atoms with E-state index < -0.39 is 0 Å². The van der Waals surface area contributed by atoms with Crippen molar-refractivity contribution in [1.29, 1.82) is 0 Å². The number of likely N-dealkylation sites (N-methyl/N-ethyl adjacent to an activating group) is 1. The fourth-order valence-electron chi connectivity index (χ4n) is 2.27. The minimum atomic E-state index is 0. The summed E-state index contributed by atoms with van der Waals surface area (Å²) >= 11 is 1.82. The molecular formula is C16H19ClN3S-. The second kappa shape index (κ2) is 6.26. The van der Waals surface area contributed by atoms with Crippen LogP contribution in [0.4, 0.5) is 11.4 Å². The molecule has 112 valence electrons. The van der Waals surface area contributed by atoms with Crippen molar-refractivity contribution >= 4 is 28.8 Å². The number of fused-ring (bicyclic) bond motifs is 2. The zero-order valence-corrected chi connectivity index (χ0v) is 14.2. The van der Waals surface area contributed by atoms with Crippen LogP contribution in [0.15, 0.2) is 51.2 Å². The summed E-state index contributed by atoms with van der Waals surface area (Å²) in [4.78, 5) is 11.6. The highest BCUT2D eigenvalue weighted by Crippen LogP contribution is 2.43. The van der Waals surface area contributed by atoms with E-state index in [9.17, 15) is 0 Å². The third-order valence-corrected chi connectivity index (χ3v) is 4.65. The summed E-state index contributed by atoms with van der Waals surface area (Å²) in [6.45, 7) is 0. The molecule has 2 aliphatic rings. The Morgan fingerprint density at radius 2 is 1.90 bits per heavy atom. The lowest BCUT2D eigenvalue weighted by Gasteiger charge is -2.25. The molecule has 1 unspecified atom stereocenters. The molecular weight excluding hydrogens is 302 g/mol. The quantitative estimate of drug-likeness (QED) is 0.782. The molecule has 1 aromatic carbocycles. The van der Waals surface area contributed by atoms with E-state index in [-0.39, 0.29) is 12.4 Å². The topological polar surface area (TPSA) is 18.8 Å². The van der Waals surface area contributed by atoms with Gasteiger partial charge in [0.15, 0.2) is 0 Å². The van der Waals surface area contributed by atoms with Crippen LogP contribution >= 0.6 is 11.8 Å². The largest absolute Gasteiger partial charge is 1.00 e. The summed E-state index contributed by atoms with van der Waals surface area (Å²) in [5.41, 5.74) is 3.37. The van der Waals surface area contributed by atoms with E-state index in [4.69, 9.17) is 4.99 Å². The number of hydrogen-bond donors (Lipinski definition) is 0. The molecule has 0 fully saturated rings. The number of halogens is 1. The molecule has 0 spiro atoms. The zero-order valence-electron chi connectivity index (χ0n) is 12.7. The maximum absolute atomic E-state index is 4.77. The lowest BCUT2D eigenvalue weighted by atomic mass is 10.1. The summed E-state index contributed by atoms with van der Waals surface area (Å²) < 4.78 is 0. The Morgan fingerprint density at radius 1 is 1.14 bits per heavy atom. The number of aliphatic imine (C=N–C) groups is 1. The smallest absolute Gasteiger partial charge is 0.0778 e. The minimum absolute atomic E-state index is 0. The first-order valence-electron chi connectivity index (χ1n) is 6.69. The molecule has 1 aliphatic carbocycles. The van der Waals surface area contributed by atoms with Crippen LogP contribution < -0.4 is 17.3 Å². The van der Waals surface area contributed by atoms with Crippen LogP contribution in [0.2, 0.25) is 0 Å². The van der Waals surface area contributed by atoms with Gasteiger partial charge in [0.25, 0.3) is 0 Å². The zero-order chi connectivity index (χ0) is 14.3. The molecule has 1 atom stereocenters. The average molecular weight is 321 g/mol. The van der Waals surface area contributed by atoms with Gasteiger partial charge in [-0.25, -0.2) is 4.99 Å². The van der Waals surface area contributed by atoms with E-state index >= 15 is 0 Å². The summed E-state index contributed by atoms with van der Waals surface area (Å²) in [6, 6.07) is 6.79. The van der Waals surface area contributed by atoms with Crippen LogP contribution in [0.5, 0.6) is 0 Å². The van der Waals surface area contributed by atoms with Gasteiger partial charge in [0.1, 0.15) is 0 Å². The molecule has 1 heterocycles. The first-order valence-corrected chi connectivity index (χ1v) is 7.51. The number of rotatable bonds is 2. The van der Waals surface area contributed by atoms with Gasteiger partial charge in [-0.05, 0) is 44.4 Å². The second-order valence-corrected chi connectivity index (χ2v) is 6.57. The molecule has 0 aromatic heterocycles. The average Bonchev–Trinajstić information content (AvgIpc) is 2.43. The summed E-state index contributed by atoms with van der Waals surface area (Å²) in [7, 11) is 8.32. The molecule has 21 heavy (non-hydrogen) atoms. The van der Waals surface area contributed by atoms with Crippen molar-refractivity contribution in [2.45, 2.75) is 10.9 Å². The van der Waals surface area contributed by atoms with E-state index in [0.717, 1.165) is 11.4 Å². The standard InChI is InChI=1S/C16H19N3S.ClH/c1-18(2)11-5-7-13-15(9-11)20-16-10-12(19(3)4)6-8-14(16)17-13;/h5-11H,1-4H3;1H/p-1. The van der Waals surface area contributed by atoms with Gasteiger partial charge in [-0.3, -0.25) is 4.90 Å². The first kappa shape index (κ1) is 16.1. The SMILES string of the molecule is CN(C)c1ccc2c(c1)SC1=CC(N(C)C)C=CC1=N2.[Cl-]. The molecule has 0 saturated carbocycles. The number of thioether (sulfide) groups is 1. The maximum Gasteiger partial charge on any atom is 0.0778 e. The summed E-state index contributed by atoms with van der Waals surface area (Å²) in [5, 5.41) is 0. The normalized spacial score (nSPS) is 19.2. The number of hydrogen-bond acceptors (Lipinski definition) is 4. The Kier molecular flexibility index (Phi) is 4.81. The van der Waals surface area contributed by atoms with Crippen molar-refractivity contribution in [3.63, 3.8) is 0 Å². The van der Waals surface area contributed by atoms with Gasteiger partial charge >= 0.3 is 0 Å². The van der Waals surface area contributed by atoms with Crippen LogP contribution in [-0.2, 0) is 0 Å². The lowest BCUT2D eigenvalue weighted by Crippen LogP contribution is -3.00. The van der Waals surface area contributed by atoms with Crippen LogP contribution in [-0.4, -0.2) is 44.8 Å². The fraction of sp³-hybridized carbons (Fsp3) is 0.312. The van der Waals surface area contributed by atoms with Crippen LogP contribution in [0, 0.1) is 0 Å². The molecule has 0 N–H and O–H groups in total. The monoisotopic (exact) mass is 320 g/mol. The molecule has 3 rings (SSSR count). The number of allylic oxidation sites excluding steroid dienone is 2. The van der Waals surface area contributed by atoms with Gasteiger partial charge in [0, 0.05) is 35.6 Å². The highest BCUT2D eigenvalue weighted by molar-refractivity contribution is 8.04. The Balaban J connectivity index is 0.00000161. The molecule has 1 aliphatic heterocycles. The number of benzene rings is 1. The Hall–Kier alpha value is -1.23. The Bertz CT molecular complexity index is 632. The summed E-state index contributed by atoms with van der Waals surface area (Å²) in [5.74, 6) is 0. The highest BCUT2D eigenvalue weighted by Gasteiger charge is 2.21.